The number of hydrogen-bond donors (Lipinski definition) is 1. The summed E-state index contributed by atoms with van der Waals surface area (Å²) >= 11 is 0. The van der Waals surface area contributed by atoms with Gasteiger partial charge in [0.2, 0.25) is 5.91 Å². The minimum absolute atomic E-state index is 0.00698. The lowest BCUT2D eigenvalue weighted by Crippen LogP contribution is -2.39. The molecule has 0 radical (unpaired) electrons. The van der Waals surface area contributed by atoms with Crippen molar-refractivity contribution in [3.63, 3.8) is 0 Å². The maximum absolute atomic E-state index is 12.6. The van der Waals surface area contributed by atoms with Crippen LogP contribution in [0.2, 0.25) is 0 Å². The lowest BCUT2D eigenvalue weighted by Gasteiger charge is -2.41. The number of halogens is 3. The van der Waals surface area contributed by atoms with E-state index in [1.807, 2.05) is 0 Å². The summed E-state index contributed by atoms with van der Waals surface area (Å²) < 4.78 is 43.4. The highest BCUT2D eigenvalue weighted by Gasteiger charge is 2.43. The van der Waals surface area contributed by atoms with E-state index in [1.54, 1.807) is 0 Å². The second kappa shape index (κ2) is 6.67. The molecule has 0 aliphatic heterocycles. The first kappa shape index (κ1) is 18.0. The molecule has 1 aromatic carbocycles. The van der Waals surface area contributed by atoms with Crippen LogP contribution in [0.3, 0.4) is 0 Å². The fraction of sp³-hybridized carbons (Fsp3) is 0.412. The predicted molar refractivity (Wildman–Crippen MR) is 80.9 cm³/mol. The van der Waals surface area contributed by atoms with Crippen LogP contribution in [0, 0.1) is 0 Å². The van der Waals surface area contributed by atoms with Crippen LogP contribution in [0.5, 0.6) is 0 Å². The Labute approximate surface area is 137 Å². The van der Waals surface area contributed by atoms with E-state index in [9.17, 15) is 22.8 Å². The number of hydrogen-bond acceptors (Lipinski definition) is 3. The smallest absolute Gasteiger partial charge is 0.416 e. The predicted octanol–water partition coefficient (Wildman–Crippen LogP) is 3.32. The van der Waals surface area contributed by atoms with Gasteiger partial charge in [-0.3, -0.25) is 4.79 Å². The van der Waals surface area contributed by atoms with Gasteiger partial charge in [0.15, 0.2) is 0 Å². The Bertz CT molecular complexity index is 646. The van der Waals surface area contributed by atoms with Crippen LogP contribution in [0.25, 0.3) is 0 Å². The van der Waals surface area contributed by atoms with Gasteiger partial charge in [-0.25, -0.2) is 4.79 Å². The summed E-state index contributed by atoms with van der Waals surface area (Å²) in [6, 6.07) is 4.61. The summed E-state index contributed by atoms with van der Waals surface area (Å²) in [4.78, 5) is 23.4. The number of esters is 1. The third-order valence-corrected chi connectivity index (χ3v) is 4.13. The van der Waals surface area contributed by atoms with Crippen molar-refractivity contribution in [2.24, 2.45) is 0 Å². The molecular formula is C17H18F3NO3. The minimum Gasteiger partial charge on any atom is -0.451 e. The van der Waals surface area contributed by atoms with Crippen molar-refractivity contribution < 1.29 is 27.5 Å². The monoisotopic (exact) mass is 341 g/mol. The summed E-state index contributed by atoms with van der Waals surface area (Å²) in [7, 11) is 1.44. The number of carbonyl (C=O) groups is 2. The largest absolute Gasteiger partial charge is 0.451 e. The second-order valence-electron chi connectivity index (χ2n) is 5.77. The van der Waals surface area contributed by atoms with E-state index in [4.69, 9.17) is 4.74 Å². The number of benzene rings is 1. The van der Waals surface area contributed by atoms with E-state index < -0.39 is 23.3 Å². The van der Waals surface area contributed by atoms with Crippen molar-refractivity contribution in [2.75, 3.05) is 7.05 Å². The van der Waals surface area contributed by atoms with E-state index in [1.165, 1.54) is 19.2 Å². The molecule has 24 heavy (non-hydrogen) atoms. The molecule has 1 saturated carbocycles. The fourth-order valence-corrected chi connectivity index (χ4v) is 2.51. The Hall–Kier alpha value is -2.31. The molecule has 0 spiro atoms. The molecule has 0 unspecified atom stereocenters. The lowest BCUT2D eigenvalue weighted by atomic mass is 9.74. The van der Waals surface area contributed by atoms with Crippen molar-refractivity contribution in [1.82, 2.24) is 5.32 Å². The zero-order valence-corrected chi connectivity index (χ0v) is 13.2. The van der Waals surface area contributed by atoms with Crippen LogP contribution < -0.4 is 5.32 Å². The first-order valence-corrected chi connectivity index (χ1v) is 7.47. The minimum atomic E-state index is -4.41. The van der Waals surface area contributed by atoms with Crippen LogP contribution >= 0.6 is 0 Å². The van der Waals surface area contributed by atoms with Gasteiger partial charge in [0, 0.05) is 12.6 Å². The molecule has 1 aromatic rings. The van der Waals surface area contributed by atoms with Gasteiger partial charge in [-0.15, -0.1) is 0 Å². The van der Waals surface area contributed by atoms with E-state index in [0.29, 0.717) is 18.4 Å². The number of ether oxygens (including phenoxy) is 1. The van der Waals surface area contributed by atoms with Gasteiger partial charge < -0.3 is 10.1 Å². The zero-order valence-electron chi connectivity index (χ0n) is 13.2. The molecule has 0 heterocycles. The number of alkyl halides is 3. The van der Waals surface area contributed by atoms with Crippen LogP contribution in [0.4, 0.5) is 13.2 Å². The number of amides is 1. The molecule has 0 saturated heterocycles. The number of nitrogens with one attached hydrogen (secondary N) is 1. The fourth-order valence-electron chi connectivity index (χ4n) is 2.51. The summed E-state index contributed by atoms with van der Waals surface area (Å²) in [6.45, 7) is 3.54. The molecule has 1 N–H and O–H groups in total. The van der Waals surface area contributed by atoms with Crippen LogP contribution in [-0.2, 0) is 26.1 Å². The van der Waals surface area contributed by atoms with Crippen molar-refractivity contribution in [3.05, 3.63) is 47.5 Å². The zero-order chi connectivity index (χ0) is 18.0. The first-order chi connectivity index (χ1) is 11.2. The Kier molecular flexibility index (Phi) is 5.01. The van der Waals surface area contributed by atoms with Gasteiger partial charge in [-0.2, -0.15) is 13.2 Å². The van der Waals surface area contributed by atoms with Crippen molar-refractivity contribution >= 4 is 11.9 Å². The van der Waals surface area contributed by atoms with E-state index >= 15 is 0 Å². The van der Waals surface area contributed by atoms with Gasteiger partial charge in [0.05, 0.1) is 12.0 Å². The van der Waals surface area contributed by atoms with Gasteiger partial charge in [-0.05, 0) is 37.0 Å². The topological polar surface area (TPSA) is 55.4 Å². The maximum atomic E-state index is 12.6. The van der Waals surface area contributed by atoms with Crippen molar-refractivity contribution in [1.29, 1.82) is 0 Å². The number of rotatable bonds is 5. The first-order valence-electron chi connectivity index (χ1n) is 7.47. The average Bonchev–Trinajstić information content (AvgIpc) is 2.49. The highest BCUT2D eigenvalue weighted by Crippen LogP contribution is 2.45. The SMILES string of the molecule is C=C(CC(=O)NC)C(=O)OC1(c2ccc(C(F)(F)F)cc2)CCC1. The Morgan fingerprint density at radius 3 is 2.25 bits per heavy atom. The summed E-state index contributed by atoms with van der Waals surface area (Å²) in [6.07, 6.45) is -2.74. The van der Waals surface area contributed by atoms with Gasteiger partial charge in [-0.1, -0.05) is 18.7 Å². The Morgan fingerprint density at radius 2 is 1.83 bits per heavy atom. The quantitative estimate of drug-likeness (QED) is 0.660. The molecular weight excluding hydrogens is 323 g/mol. The molecule has 0 atom stereocenters. The van der Waals surface area contributed by atoms with Crippen LogP contribution in [0.1, 0.15) is 36.8 Å². The van der Waals surface area contributed by atoms with Crippen LogP contribution in [-0.4, -0.2) is 18.9 Å². The second-order valence-corrected chi connectivity index (χ2v) is 5.77. The van der Waals surface area contributed by atoms with E-state index in [0.717, 1.165) is 18.6 Å². The molecule has 0 bridgehead atoms. The average molecular weight is 341 g/mol. The third kappa shape index (κ3) is 3.77. The molecule has 1 amide bonds. The number of carbonyl (C=O) groups excluding carboxylic acids is 2. The molecule has 4 nitrogen and oxygen atoms in total. The highest BCUT2D eigenvalue weighted by atomic mass is 19.4. The summed E-state index contributed by atoms with van der Waals surface area (Å²) in [5.41, 5.74) is -1.17. The molecule has 130 valence electrons. The highest BCUT2D eigenvalue weighted by molar-refractivity contribution is 5.94. The lowest BCUT2D eigenvalue weighted by molar-refractivity contribution is -0.167. The van der Waals surface area contributed by atoms with Gasteiger partial charge in [0.25, 0.3) is 0 Å². The van der Waals surface area contributed by atoms with Gasteiger partial charge >= 0.3 is 12.1 Å². The summed E-state index contributed by atoms with van der Waals surface area (Å²) in [5, 5.41) is 2.38. The molecule has 1 fully saturated rings. The molecule has 0 aromatic heterocycles. The molecule has 1 aliphatic carbocycles. The Morgan fingerprint density at radius 1 is 1.25 bits per heavy atom. The van der Waals surface area contributed by atoms with Crippen molar-refractivity contribution in [3.8, 4) is 0 Å². The molecule has 2 rings (SSSR count). The Balaban J connectivity index is 2.13. The van der Waals surface area contributed by atoms with E-state index in [2.05, 4.69) is 11.9 Å². The molecule has 7 heteroatoms. The third-order valence-electron chi connectivity index (χ3n) is 4.13. The summed E-state index contributed by atoms with van der Waals surface area (Å²) in [5.74, 6) is -1.08. The van der Waals surface area contributed by atoms with E-state index in [-0.39, 0.29) is 17.9 Å². The van der Waals surface area contributed by atoms with Gasteiger partial charge in [0.1, 0.15) is 5.60 Å². The van der Waals surface area contributed by atoms with Crippen LogP contribution in [0.15, 0.2) is 36.4 Å². The van der Waals surface area contributed by atoms with Crippen molar-refractivity contribution in [2.45, 2.75) is 37.5 Å². The maximum Gasteiger partial charge on any atom is 0.416 e. The molecule has 1 aliphatic rings. The standard InChI is InChI=1S/C17H18F3NO3/c1-11(10-14(22)21-2)15(23)24-16(8-3-9-16)12-4-6-13(7-5-12)17(18,19)20/h4-7H,1,3,8-10H2,2H3,(H,21,22). The normalized spacial score (nSPS) is 16.0.